The second-order valence-corrected chi connectivity index (χ2v) is 5.53. The summed E-state index contributed by atoms with van der Waals surface area (Å²) in [5.74, 6) is -0.436. The van der Waals surface area contributed by atoms with Crippen LogP contribution in [-0.4, -0.2) is 12.5 Å². The molecule has 0 bridgehead atoms. The Morgan fingerprint density at radius 3 is 2.60 bits per heavy atom. The summed E-state index contributed by atoms with van der Waals surface area (Å²) in [4.78, 5) is 12.4. The predicted octanol–water partition coefficient (Wildman–Crippen LogP) is 3.44. The summed E-state index contributed by atoms with van der Waals surface area (Å²) in [6, 6.07) is 15.4. The molecule has 4 heteroatoms. The minimum absolute atomic E-state index is 0.0926. The Bertz CT molecular complexity index is 599. The normalized spacial score (nSPS) is 11.9. The Labute approximate surface area is 127 Å². The van der Waals surface area contributed by atoms with Gasteiger partial charge < -0.3 is 11.1 Å². The molecule has 0 aliphatic heterocycles. The van der Waals surface area contributed by atoms with Gasteiger partial charge in [0.1, 0.15) is 0 Å². The smallest absolute Gasteiger partial charge is 0.233 e. The van der Waals surface area contributed by atoms with Crippen LogP contribution in [0.15, 0.2) is 53.0 Å². The predicted molar refractivity (Wildman–Crippen MR) is 85.7 cm³/mol. The monoisotopic (exact) mass is 332 g/mol. The van der Waals surface area contributed by atoms with Crippen LogP contribution >= 0.6 is 15.9 Å². The van der Waals surface area contributed by atoms with Crippen LogP contribution in [0.3, 0.4) is 0 Å². The third-order valence-electron chi connectivity index (χ3n) is 3.13. The molecule has 0 saturated carbocycles. The molecule has 0 spiro atoms. The molecule has 104 valence electrons. The number of nitrogens with one attached hydrogen (secondary N) is 1. The molecule has 0 radical (unpaired) electrons. The van der Waals surface area contributed by atoms with Crippen molar-refractivity contribution in [3.63, 3.8) is 0 Å². The first-order chi connectivity index (χ1) is 9.61. The second-order valence-electron chi connectivity index (χ2n) is 4.67. The zero-order chi connectivity index (χ0) is 14.5. The van der Waals surface area contributed by atoms with E-state index in [4.69, 9.17) is 5.73 Å². The quantitative estimate of drug-likeness (QED) is 0.901. The molecule has 2 aromatic rings. The molecule has 0 aliphatic rings. The molecular weight excluding hydrogens is 316 g/mol. The average Bonchev–Trinajstić information content (AvgIpc) is 2.45. The fraction of sp³-hybridized carbons (Fsp3) is 0.188. The van der Waals surface area contributed by atoms with Crippen molar-refractivity contribution in [1.29, 1.82) is 0 Å². The summed E-state index contributed by atoms with van der Waals surface area (Å²) in [6.45, 7) is 2.26. The molecule has 3 nitrogen and oxygen atoms in total. The average molecular weight is 333 g/mol. The van der Waals surface area contributed by atoms with Gasteiger partial charge in [0, 0.05) is 11.0 Å². The van der Waals surface area contributed by atoms with Gasteiger partial charge in [-0.05, 0) is 46.1 Å². The van der Waals surface area contributed by atoms with E-state index in [-0.39, 0.29) is 18.4 Å². The number of aryl methyl sites for hydroxylation is 1. The topological polar surface area (TPSA) is 55.1 Å². The van der Waals surface area contributed by atoms with Crippen molar-refractivity contribution in [2.45, 2.75) is 12.8 Å². The molecule has 0 heterocycles. The lowest BCUT2D eigenvalue weighted by molar-refractivity contribution is -0.117. The Morgan fingerprint density at radius 2 is 1.95 bits per heavy atom. The van der Waals surface area contributed by atoms with Crippen molar-refractivity contribution in [2.24, 2.45) is 5.73 Å². The van der Waals surface area contributed by atoms with Crippen LogP contribution in [0.5, 0.6) is 0 Å². The van der Waals surface area contributed by atoms with E-state index in [9.17, 15) is 4.79 Å². The molecule has 2 aromatic carbocycles. The first-order valence-corrected chi connectivity index (χ1v) is 7.23. The minimum Gasteiger partial charge on any atom is -0.329 e. The molecule has 1 atom stereocenters. The maximum absolute atomic E-state index is 12.4. The van der Waals surface area contributed by atoms with Crippen LogP contribution in [-0.2, 0) is 4.79 Å². The number of benzene rings is 2. The summed E-state index contributed by atoms with van der Waals surface area (Å²) in [5.41, 5.74) is 8.54. The summed E-state index contributed by atoms with van der Waals surface area (Å²) in [5, 5.41) is 2.93. The van der Waals surface area contributed by atoms with E-state index in [2.05, 4.69) is 21.2 Å². The van der Waals surface area contributed by atoms with Crippen molar-refractivity contribution >= 4 is 27.5 Å². The van der Waals surface area contributed by atoms with Gasteiger partial charge in [-0.15, -0.1) is 0 Å². The van der Waals surface area contributed by atoms with Gasteiger partial charge in [-0.25, -0.2) is 0 Å². The SMILES string of the molecule is Cc1ccc(Br)c(NC(=O)C(CN)c2ccccc2)c1. The Hall–Kier alpha value is -1.65. The van der Waals surface area contributed by atoms with Crippen LogP contribution in [0.25, 0.3) is 0 Å². The Kier molecular flexibility index (Phi) is 4.93. The van der Waals surface area contributed by atoms with Crippen molar-refractivity contribution in [2.75, 3.05) is 11.9 Å². The zero-order valence-corrected chi connectivity index (χ0v) is 12.9. The van der Waals surface area contributed by atoms with Crippen molar-refractivity contribution in [3.8, 4) is 0 Å². The molecule has 0 aromatic heterocycles. The number of amides is 1. The van der Waals surface area contributed by atoms with E-state index in [0.29, 0.717) is 0 Å². The van der Waals surface area contributed by atoms with Gasteiger partial charge in [-0.3, -0.25) is 4.79 Å². The van der Waals surface area contributed by atoms with E-state index in [1.54, 1.807) is 0 Å². The number of halogens is 1. The second kappa shape index (κ2) is 6.68. The summed E-state index contributed by atoms with van der Waals surface area (Å²) in [7, 11) is 0. The fourth-order valence-electron chi connectivity index (χ4n) is 2.03. The van der Waals surface area contributed by atoms with Crippen molar-refractivity contribution < 1.29 is 4.79 Å². The van der Waals surface area contributed by atoms with Gasteiger partial charge in [0.15, 0.2) is 0 Å². The Morgan fingerprint density at radius 1 is 1.25 bits per heavy atom. The number of carbonyl (C=O) groups is 1. The highest BCUT2D eigenvalue weighted by molar-refractivity contribution is 9.10. The largest absolute Gasteiger partial charge is 0.329 e. The van der Waals surface area contributed by atoms with E-state index in [1.165, 1.54) is 0 Å². The molecule has 20 heavy (non-hydrogen) atoms. The third kappa shape index (κ3) is 3.46. The zero-order valence-electron chi connectivity index (χ0n) is 11.3. The number of carbonyl (C=O) groups excluding carboxylic acids is 1. The lowest BCUT2D eigenvalue weighted by Gasteiger charge is -2.16. The van der Waals surface area contributed by atoms with Gasteiger partial charge in [0.05, 0.1) is 11.6 Å². The van der Waals surface area contributed by atoms with Crippen molar-refractivity contribution in [1.82, 2.24) is 0 Å². The maximum Gasteiger partial charge on any atom is 0.233 e. The standard InChI is InChI=1S/C16H17BrN2O/c1-11-7-8-14(17)15(9-11)19-16(20)13(10-18)12-5-3-2-4-6-12/h2-9,13H,10,18H2,1H3,(H,19,20). The summed E-state index contributed by atoms with van der Waals surface area (Å²) in [6.07, 6.45) is 0. The third-order valence-corrected chi connectivity index (χ3v) is 3.83. The number of rotatable bonds is 4. The molecule has 0 fully saturated rings. The highest BCUT2D eigenvalue weighted by atomic mass is 79.9. The molecule has 3 N–H and O–H groups in total. The maximum atomic E-state index is 12.4. The van der Waals surface area contributed by atoms with Gasteiger partial charge in [-0.1, -0.05) is 36.4 Å². The van der Waals surface area contributed by atoms with Crippen LogP contribution in [0.4, 0.5) is 5.69 Å². The van der Waals surface area contributed by atoms with E-state index >= 15 is 0 Å². The number of nitrogens with two attached hydrogens (primary N) is 1. The van der Waals surface area contributed by atoms with Gasteiger partial charge >= 0.3 is 0 Å². The van der Waals surface area contributed by atoms with Gasteiger partial charge in [0.2, 0.25) is 5.91 Å². The highest BCUT2D eigenvalue weighted by Crippen LogP contribution is 2.25. The van der Waals surface area contributed by atoms with E-state index in [1.807, 2.05) is 55.5 Å². The van der Waals surface area contributed by atoms with Crippen LogP contribution < -0.4 is 11.1 Å². The lowest BCUT2D eigenvalue weighted by atomic mass is 9.98. The summed E-state index contributed by atoms with van der Waals surface area (Å²) < 4.78 is 0.861. The molecular formula is C16H17BrN2O. The summed E-state index contributed by atoms with van der Waals surface area (Å²) >= 11 is 3.44. The van der Waals surface area contributed by atoms with Gasteiger partial charge in [0.25, 0.3) is 0 Å². The minimum atomic E-state index is -0.344. The molecule has 0 saturated heterocycles. The first kappa shape index (κ1) is 14.8. The van der Waals surface area contributed by atoms with E-state index < -0.39 is 0 Å². The number of hydrogen-bond acceptors (Lipinski definition) is 2. The van der Waals surface area contributed by atoms with Crippen molar-refractivity contribution in [3.05, 3.63) is 64.1 Å². The first-order valence-electron chi connectivity index (χ1n) is 6.44. The van der Waals surface area contributed by atoms with Crippen LogP contribution in [0.2, 0.25) is 0 Å². The highest BCUT2D eigenvalue weighted by Gasteiger charge is 2.19. The molecule has 1 unspecified atom stereocenters. The van der Waals surface area contributed by atoms with Crippen LogP contribution in [0, 0.1) is 6.92 Å². The van der Waals surface area contributed by atoms with Gasteiger partial charge in [-0.2, -0.15) is 0 Å². The molecule has 2 rings (SSSR count). The van der Waals surface area contributed by atoms with E-state index in [0.717, 1.165) is 21.3 Å². The number of hydrogen-bond donors (Lipinski definition) is 2. The lowest BCUT2D eigenvalue weighted by Crippen LogP contribution is -2.27. The van der Waals surface area contributed by atoms with Crippen LogP contribution in [0.1, 0.15) is 17.0 Å². The Balaban J connectivity index is 2.20. The fourth-order valence-corrected chi connectivity index (χ4v) is 2.38. The number of anilines is 1. The molecule has 0 aliphatic carbocycles. The molecule has 1 amide bonds.